The molecule has 0 radical (unpaired) electrons. The summed E-state index contributed by atoms with van der Waals surface area (Å²) in [4.78, 5) is 8.87. The van der Waals surface area contributed by atoms with E-state index in [9.17, 15) is 4.39 Å². The summed E-state index contributed by atoms with van der Waals surface area (Å²) >= 11 is 7.99. The van der Waals surface area contributed by atoms with Gasteiger partial charge in [0, 0.05) is 12.1 Å². The fraction of sp³-hybridized carbons (Fsp3) is 0.231. The van der Waals surface area contributed by atoms with Crippen molar-refractivity contribution in [2.75, 3.05) is 11.9 Å². The first kappa shape index (κ1) is 14.5. The lowest BCUT2D eigenvalue weighted by Crippen LogP contribution is -2.06. The normalized spacial score (nSPS) is 10.6. The Bertz CT molecular complexity index is 619. The van der Waals surface area contributed by atoms with Crippen LogP contribution < -0.4 is 5.32 Å². The Hall–Kier alpha value is -0.950. The van der Waals surface area contributed by atoms with Crippen LogP contribution >= 0.6 is 34.2 Å². The summed E-state index contributed by atoms with van der Waals surface area (Å²) in [5, 5.41) is 3.26. The molecule has 0 amide bonds. The molecular formula is C13H12ClFIN3. The predicted molar refractivity (Wildman–Crippen MR) is 84.1 cm³/mol. The van der Waals surface area contributed by atoms with E-state index in [1.807, 2.05) is 13.8 Å². The molecule has 1 heterocycles. The van der Waals surface area contributed by atoms with Gasteiger partial charge in [-0.15, -0.1) is 0 Å². The van der Waals surface area contributed by atoms with Gasteiger partial charge in [-0.05, 0) is 54.6 Å². The van der Waals surface area contributed by atoms with Gasteiger partial charge in [-0.1, -0.05) is 11.6 Å². The van der Waals surface area contributed by atoms with E-state index >= 15 is 0 Å². The molecule has 100 valence electrons. The molecule has 1 aromatic heterocycles. The van der Waals surface area contributed by atoms with E-state index < -0.39 is 5.82 Å². The van der Waals surface area contributed by atoms with Gasteiger partial charge in [-0.25, -0.2) is 14.4 Å². The maximum absolute atomic E-state index is 13.2. The number of aromatic nitrogens is 2. The largest absolute Gasteiger partial charge is 0.369 e. The van der Waals surface area contributed by atoms with E-state index in [1.165, 1.54) is 12.1 Å². The van der Waals surface area contributed by atoms with Crippen LogP contribution in [0.1, 0.15) is 12.6 Å². The third-order valence-corrected chi connectivity index (χ3v) is 4.12. The highest BCUT2D eigenvalue weighted by Crippen LogP contribution is 2.26. The van der Waals surface area contributed by atoms with Gasteiger partial charge in [0.2, 0.25) is 0 Å². The molecule has 1 aromatic carbocycles. The Balaban J connectivity index is 2.52. The first-order valence-electron chi connectivity index (χ1n) is 5.76. The van der Waals surface area contributed by atoms with Crippen molar-refractivity contribution in [1.82, 2.24) is 9.97 Å². The molecule has 0 saturated carbocycles. The van der Waals surface area contributed by atoms with Crippen molar-refractivity contribution < 1.29 is 4.39 Å². The first-order chi connectivity index (χ1) is 9.02. The molecule has 2 rings (SSSR count). The zero-order valence-electron chi connectivity index (χ0n) is 10.5. The molecule has 0 bridgehead atoms. The third-order valence-electron chi connectivity index (χ3n) is 2.54. The number of hydrogen-bond donors (Lipinski definition) is 1. The van der Waals surface area contributed by atoms with Crippen LogP contribution in [0.15, 0.2) is 18.2 Å². The Morgan fingerprint density at radius 2 is 2.11 bits per heavy atom. The van der Waals surface area contributed by atoms with Gasteiger partial charge < -0.3 is 5.32 Å². The monoisotopic (exact) mass is 391 g/mol. The van der Waals surface area contributed by atoms with Gasteiger partial charge in [0.25, 0.3) is 0 Å². The summed E-state index contributed by atoms with van der Waals surface area (Å²) in [6.45, 7) is 4.69. The molecule has 0 aliphatic rings. The molecule has 0 fully saturated rings. The Morgan fingerprint density at radius 1 is 1.37 bits per heavy atom. The molecule has 0 spiro atoms. The van der Waals surface area contributed by atoms with E-state index in [0.717, 1.165) is 21.6 Å². The highest BCUT2D eigenvalue weighted by atomic mass is 127. The molecular weight excluding hydrogens is 380 g/mol. The molecule has 0 atom stereocenters. The third kappa shape index (κ3) is 3.14. The number of nitrogens with zero attached hydrogens (tertiary/aromatic N) is 2. The summed E-state index contributed by atoms with van der Waals surface area (Å²) in [5.41, 5.74) is 1.58. The number of halogens is 3. The van der Waals surface area contributed by atoms with Crippen molar-refractivity contribution in [3.05, 3.63) is 38.3 Å². The maximum Gasteiger partial charge on any atom is 0.161 e. The molecule has 0 unspecified atom stereocenters. The Kier molecular flexibility index (Phi) is 4.57. The van der Waals surface area contributed by atoms with E-state index in [-0.39, 0.29) is 5.02 Å². The van der Waals surface area contributed by atoms with Crippen molar-refractivity contribution in [1.29, 1.82) is 0 Å². The van der Waals surface area contributed by atoms with Gasteiger partial charge in [-0.2, -0.15) is 0 Å². The minimum absolute atomic E-state index is 0.0716. The average Bonchev–Trinajstić information content (AvgIpc) is 2.38. The van der Waals surface area contributed by atoms with Gasteiger partial charge in [0.15, 0.2) is 5.82 Å². The van der Waals surface area contributed by atoms with Crippen LogP contribution in [0.4, 0.5) is 10.2 Å². The van der Waals surface area contributed by atoms with Gasteiger partial charge in [-0.3, -0.25) is 0 Å². The van der Waals surface area contributed by atoms with Gasteiger partial charge >= 0.3 is 0 Å². The second kappa shape index (κ2) is 6.00. The van der Waals surface area contributed by atoms with Crippen LogP contribution in [0.5, 0.6) is 0 Å². The average molecular weight is 392 g/mol. The van der Waals surface area contributed by atoms with Crippen LogP contribution in [-0.2, 0) is 0 Å². The number of nitrogens with one attached hydrogen (secondary N) is 1. The SMILES string of the molecule is CCNc1nc(-c2ccc(F)c(Cl)c2)nc(C)c1I. The first-order valence-corrected chi connectivity index (χ1v) is 7.22. The molecule has 0 aliphatic heterocycles. The smallest absolute Gasteiger partial charge is 0.161 e. The van der Waals surface area contributed by atoms with Crippen LogP contribution in [0.2, 0.25) is 5.02 Å². The summed E-state index contributed by atoms with van der Waals surface area (Å²) in [6, 6.07) is 4.48. The zero-order valence-corrected chi connectivity index (χ0v) is 13.4. The highest BCUT2D eigenvalue weighted by molar-refractivity contribution is 14.1. The second-order valence-corrected chi connectivity index (χ2v) is 5.44. The van der Waals surface area contributed by atoms with Crippen molar-refractivity contribution >= 4 is 40.0 Å². The van der Waals surface area contributed by atoms with E-state index in [2.05, 4.69) is 37.9 Å². The zero-order chi connectivity index (χ0) is 14.0. The number of rotatable bonds is 3. The maximum atomic E-state index is 13.2. The fourth-order valence-electron chi connectivity index (χ4n) is 1.61. The lowest BCUT2D eigenvalue weighted by molar-refractivity contribution is 0.628. The summed E-state index contributed by atoms with van der Waals surface area (Å²) in [5.74, 6) is 0.876. The van der Waals surface area contributed by atoms with Crippen LogP contribution in [0, 0.1) is 16.3 Å². The van der Waals surface area contributed by atoms with Crippen LogP contribution in [0.3, 0.4) is 0 Å². The topological polar surface area (TPSA) is 37.8 Å². The molecule has 2 aromatic rings. The van der Waals surface area contributed by atoms with E-state index in [1.54, 1.807) is 6.07 Å². The number of benzene rings is 1. The Morgan fingerprint density at radius 3 is 2.74 bits per heavy atom. The van der Waals surface area contributed by atoms with Crippen molar-refractivity contribution in [3.8, 4) is 11.4 Å². The minimum Gasteiger partial charge on any atom is -0.369 e. The molecule has 6 heteroatoms. The number of anilines is 1. The Labute approximate surface area is 129 Å². The summed E-state index contributed by atoms with van der Waals surface area (Å²) in [6.07, 6.45) is 0. The lowest BCUT2D eigenvalue weighted by Gasteiger charge is -2.10. The van der Waals surface area contributed by atoms with E-state index in [0.29, 0.717) is 11.4 Å². The van der Waals surface area contributed by atoms with Crippen LogP contribution in [-0.4, -0.2) is 16.5 Å². The number of hydrogen-bond acceptors (Lipinski definition) is 3. The molecule has 0 aliphatic carbocycles. The molecule has 19 heavy (non-hydrogen) atoms. The standard InChI is InChI=1S/C13H12ClFIN3/c1-3-17-13-11(16)7(2)18-12(19-13)8-4-5-10(15)9(14)6-8/h4-6H,3H2,1-2H3,(H,17,18,19). The molecule has 1 N–H and O–H groups in total. The second-order valence-electron chi connectivity index (χ2n) is 3.95. The lowest BCUT2D eigenvalue weighted by atomic mass is 10.2. The highest BCUT2D eigenvalue weighted by Gasteiger charge is 2.11. The summed E-state index contributed by atoms with van der Waals surface area (Å²) in [7, 11) is 0. The minimum atomic E-state index is -0.445. The van der Waals surface area contributed by atoms with Crippen LogP contribution in [0.25, 0.3) is 11.4 Å². The number of aryl methyl sites for hydroxylation is 1. The van der Waals surface area contributed by atoms with Crippen molar-refractivity contribution in [2.24, 2.45) is 0 Å². The fourth-order valence-corrected chi connectivity index (χ4v) is 2.22. The van der Waals surface area contributed by atoms with Gasteiger partial charge in [0.05, 0.1) is 14.3 Å². The van der Waals surface area contributed by atoms with Gasteiger partial charge in [0.1, 0.15) is 11.6 Å². The van der Waals surface area contributed by atoms with Crippen molar-refractivity contribution in [3.63, 3.8) is 0 Å². The molecule has 3 nitrogen and oxygen atoms in total. The predicted octanol–water partition coefficient (Wildman–Crippen LogP) is 4.28. The van der Waals surface area contributed by atoms with Crippen molar-refractivity contribution in [2.45, 2.75) is 13.8 Å². The molecule has 0 saturated heterocycles. The quantitative estimate of drug-likeness (QED) is 0.794. The van der Waals surface area contributed by atoms with E-state index in [4.69, 9.17) is 11.6 Å². The summed E-state index contributed by atoms with van der Waals surface area (Å²) < 4.78 is 14.2.